The van der Waals surface area contributed by atoms with Gasteiger partial charge < -0.3 is 19.9 Å². The van der Waals surface area contributed by atoms with Crippen LogP contribution in [0, 0.1) is 0 Å². The number of morpholine rings is 1. The molecule has 30 heavy (non-hydrogen) atoms. The lowest BCUT2D eigenvalue weighted by Crippen LogP contribution is -2.41. The van der Waals surface area contributed by atoms with Gasteiger partial charge in [-0.1, -0.05) is 12.1 Å². The molecule has 166 valence electrons. The minimum absolute atomic E-state index is 0.0445. The van der Waals surface area contributed by atoms with Crippen molar-refractivity contribution in [1.29, 1.82) is 0 Å². The van der Waals surface area contributed by atoms with E-state index in [0.29, 0.717) is 51.5 Å². The molecule has 0 aliphatic carbocycles. The zero-order valence-corrected chi connectivity index (χ0v) is 16.8. The number of carbonyl (C=O) groups is 2. The van der Waals surface area contributed by atoms with Gasteiger partial charge in [0.1, 0.15) is 0 Å². The second-order valence-electron chi connectivity index (χ2n) is 7.53. The van der Waals surface area contributed by atoms with Crippen molar-refractivity contribution in [3.05, 3.63) is 29.8 Å². The summed E-state index contributed by atoms with van der Waals surface area (Å²) in [5, 5.41) is 2.78. The fourth-order valence-corrected chi connectivity index (χ4v) is 3.59. The van der Waals surface area contributed by atoms with Gasteiger partial charge in [0.2, 0.25) is 5.91 Å². The van der Waals surface area contributed by atoms with E-state index in [1.807, 2.05) is 0 Å². The maximum atomic E-state index is 12.6. The Labute approximate surface area is 173 Å². The van der Waals surface area contributed by atoms with Crippen molar-refractivity contribution in [3.63, 3.8) is 0 Å². The average Bonchev–Trinajstić information content (AvgIpc) is 2.94. The first-order valence-electron chi connectivity index (χ1n) is 10.1. The Balaban J connectivity index is 1.47. The Morgan fingerprint density at radius 1 is 0.933 bits per heavy atom. The predicted octanol–water partition coefficient (Wildman–Crippen LogP) is 2.19. The predicted molar refractivity (Wildman–Crippen MR) is 105 cm³/mol. The number of amides is 3. The Hall–Kier alpha value is -2.33. The summed E-state index contributed by atoms with van der Waals surface area (Å²) in [6, 6.07) is 6.71. The third kappa shape index (κ3) is 6.88. The topological polar surface area (TPSA) is 65.1 Å². The van der Waals surface area contributed by atoms with Gasteiger partial charge in [0, 0.05) is 45.0 Å². The number of ether oxygens (including phenoxy) is 1. The molecule has 0 spiro atoms. The molecule has 0 aromatic heterocycles. The normalized spacial score (nSPS) is 18.8. The molecule has 3 amide bonds. The van der Waals surface area contributed by atoms with Gasteiger partial charge in [-0.2, -0.15) is 13.2 Å². The lowest BCUT2D eigenvalue weighted by Gasteiger charge is -2.27. The molecule has 0 bridgehead atoms. The van der Waals surface area contributed by atoms with Crippen LogP contribution in [0.1, 0.15) is 12.0 Å². The summed E-state index contributed by atoms with van der Waals surface area (Å²) in [4.78, 5) is 29.4. The van der Waals surface area contributed by atoms with E-state index in [0.717, 1.165) is 5.56 Å². The maximum Gasteiger partial charge on any atom is 0.401 e. The highest BCUT2D eigenvalue weighted by atomic mass is 19.4. The number of carbonyl (C=O) groups excluding carboxylic acids is 2. The monoisotopic (exact) mass is 428 g/mol. The third-order valence-electron chi connectivity index (χ3n) is 5.20. The number of nitrogens with zero attached hydrogens (tertiary/aromatic N) is 3. The first-order valence-corrected chi connectivity index (χ1v) is 10.1. The standard InChI is InChI=1S/C20H27F3N4O3/c21-20(22,23)15-25-6-1-7-27(9-8-25)19(29)24-17-4-2-16(3-5-17)14-18(28)26-10-12-30-13-11-26/h2-5H,1,6-15H2,(H,24,29). The van der Waals surface area contributed by atoms with E-state index >= 15 is 0 Å². The number of urea groups is 1. The van der Waals surface area contributed by atoms with E-state index in [2.05, 4.69) is 5.32 Å². The summed E-state index contributed by atoms with van der Waals surface area (Å²) in [6.07, 6.45) is -3.45. The number of benzene rings is 1. The first kappa shape index (κ1) is 22.4. The molecule has 0 unspecified atom stereocenters. The van der Waals surface area contributed by atoms with Gasteiger partial charge in [0.25, 0.3) is 0 Å². The Morgan fingerprint density at radius 2 is 1.63 bits per heavy atom. The van der Waals surface area contributed by atoms with Crippen LogP contribution in [0.15, 0.2) is 24.3 Å². The maximum absolute atomic E-state index is 12.6. The lowest BCUT2D eigenvalue weighted by atomic mass is 10.1. The fourth-order valence-electron chi connectivity index (χ4n) is 3.59. The van der Waals surface area contributed by atoms with Crippen LogP contribution in [0.5, 0.6) is 0 Å². The zero-order valence-electron chi connectivity index (χ0n) is 16.8. The molecule has 0 atom stereocenters. The van der Waals surface area contributed by atoms with Crippen molar-refractivity contribution in [2.45, 2.75) is 19.0 Å². The molecular weight excluding hydrogens is 401 g/mol. The average molecular weight is 428 g/mol. The summed E-state index contributed by atoms with van der Waals surface area (Å²) < 4.78 is 43.0. The molecule has 1 aromatic carbocycles. The van der Waals surface area contributed by atoms with Crippen LogP contribution in [-0.2, 0) is 16.0 Å². The van der Waals surface area contributed by atoms with E-state index in [1.165, 1.54) is 9.80 Å². The molecule has 1 N–H and O–H groups in total. The molecule has 2 fully saturated rings. The minimum atomic E-state index is -4.23. The molecule has 7 nitrogen and oxygen atoms in total. The number of alkyl halides is 3. The highest BCUT2D eigenvalue weighted by Gasteiger charge is 2.31. The number of rotatable bonds is 4. The van der Waals surface area contributed by atoms with Crippen LogP contribution < -0.4 is 5.32 Å². The molecule has 10 heteroatoms. The summed E-state index contributed by atoms with van der Waals surface area (Å²) in [6.45, 7) is 2.52. The Morgan fingerprint density at radius 3 is 2.30 bits per heavy atom. The molecule has 2 heterocycles. The summed E-state index contributed by atoms with van der Waals surface area (Å²) in [5.41, 5.74) is 1.43. The van der Waals surface area contributed by atoms with Crippen molar-refractivity contribution in [3.8, 4) is 0 Å². The second kappa shape index (κ2) is 10.1. The summed E-state index contributed by atoms with van der Waals surface area (Å²) in [5.74, 6) is 0.0445. The van der Waals surface area contributed by atoms with Crippen molar-refractivity contribution in [2.75, 3.05) is 64.3 Å². The number of anilines is 1. The van der Waals surface area contributed by atoms with Crippen LogP contribution in [-0.4, -0.2) is 91.8 Å². The molecule has 0 saturated carbocycles. The van der Waals surface area contributed by atoms with Gasteiger partial charge >= 0.3 is 12.2 Å². The number of hydrogen-bond acceptors (Lipinski definition) is 4. The highest BCUT2D eigenvalue weighted by molar-refractivity contribution is 5.89. The Kier molecular flexibility index (Phi) is 7.54. The van der Waals surface area contributed by atoms with E-state index < -0.39 is 12.7 Å². The van der Waals surface area contributed by atoms with Crippen molar-refractivity contribution >= 4 is 17.6 Å². The summed E-state index contributed by atoms with van der Waals surface area (Å²) >= 11 is 0. The molecule has 2 aliphatic rings. The van der Waals surface area contributed by atoms with Gasteiger partial charge in [0.15, 0.2) is 0 Å². The molecule has 1 aromatic rings. The molecule has 3 rings (SSSR count). The highest BCUT2D eigenvalue weighted by Crippen LogP contribution is 2.18. The van der Waals surface area contributed by atoms with E-state index in [4.69, 9.17) is 4.74 Å². The molecule has 2 saturated heterocycles. The second-order valence-corrected chi connectivity index (χ2v) is 7.53. The molecule has 0 radical (unpaired) electrons. The van der Waals surface area contributed by atoms with E-state index in [1.54, 1.807) is 29.2 Å². The zero-order chi connectivity index (χ0) is 21.6. The SMILES string of the molecule is O=C(Cc1ccc(NC(=O)N2CCCN(CC(F)(F)F)CC2)cc1)N1CCOCC1. The van der Waals surface area contributed by atoms with Gasteiger partial charge in [-0.3, -0.25) is 9.69 Å². The largest absolute Gasteiger partial charge is 0.401 e. The van der Waals surface area contributed by atoms with Crippen molar-refractivity contribution < 1.29 is 27.5 Å². The van der Waals surface area contributed by atoms with Gasteiger partial charge in [-0.15, -0.1) is 0 Å². The van der Waals surface area contributed by atoms with E-state index in [9.17, 15) is 22.8 Å². The number of halogens is 3. The molecular formula is C20H27F3N4O3. The fraction of sp³-hybridized carbons (Fsp3) is 0.600. The number of nitrogens with one attached hydrogen (secondary N) is 1. The number of hydrogen-bond donors (Lipinski definition) is 1. The smallest absolute Gasteiger partial charge is 0.378 e. The van der Waals surface area contributed by atoms with Gasteiger partial charge in [-0.25, -0.2) is 4.79 Å². The lowest BCUT2D eigenvalue weighted by molar-refractivity contribution is -0.145. The summed E-state index contributed by atoms with van der Waals surface area (Å²) in [7, 11) is 0. The Bertz CT molecular complexity index is 721. The van der Waals surface area contributed by atoms with Crippen LogP contribution in [0.2, 0.25) is 0 Å². The third-order valence-corrected chi connectivity index (χ3v) is 5.20. The van der Waals surface area contributed by atoms with Crippen LogP contribution in [0.25, 0.3) is 0 Å². The van der Waals surface area contributed by atoms with Gasteiger partial charge in [-0.05, 0) is 24.1 Å². The molecule has 2 aliphatic heterocycles. The van der Waals surface area contributed by atoms with Crippen LogP contribution in [0.3, 0.4) is 0 Å². The first-order chi connectivity index (χ1) is 14.3. The van der Waals surface area contributed by atoms with Crippen molar-refractivity contribution in [2.24, 2.45) is 0 Å². The van der Waals surface area contributed by atoms with Gasteiger partial charge in [0.05, 0.1) is 26.2 Å². The van der Waals surface area contributed by atoms with Crippen LogP contribution >= 0.6 is 0 Å². The van der Waals surface area contributed by atoms with E-state index in [-0.39, 0.29) is 31.4 Å². The minimum Gasteiger partial charge on any atom is -0.378 e. The van der Waals surface area contributed by atoms with Crippen LogP contribution in [0.4, 0.5) is 23.7 Å². The van der Waals surface area contributed by atoms with Crippen molar-refractivity contribution in [1.82, 2.24) is 14.7 Å². The quantitative estimate of drug-likeness (QED) is 0.799.